The molecule has 3 aliphatic heterocycles. The van der Waals surface area contributed by atoms with Crippen molar-refractivity contribution in [3.63, 3.8) is 0 Å². The van der Waals surface area contributed by atoms with Crippen LogP contribution in [0.3, 0.4) is 0 Å². The molecule has 538 valence electrons. The number of ether oxygens (including phenoxy) is 6. The van der Waals surface area contributed by atoms with Crippen LogP contribution in [0.5, 0.6) is 0 Å². The summed E-state index contributed by atoms with van der Waals surface area (Å²) in [7, 11) is 0. The second-order valence-corrected chi connectivity index (χ2v) is 27.1. The summed E-state index contributed by atoms with van der Waals surface area (Å²) < 4.78 is 34.5. The van der Waals surface area contributed by atoms with Crippen LogP contribution in [0.2, 0.25) is 0 Å². The van der Waals surface area contributed by atoms with Crippen LogP contribution in [0.4, 0.5) is 0 Å². The molecule has 0 aliphatic carbocycles. The van der Waals surface area contributed by atoms with E-state index >= 15 is 0 Å². The van der Waals surface area contributed by atoms with Gasteiger partial charge in [0.1, 0.15) is 73.2 Å². The summed E-state index contributed by atoms with van der Waals surface area (Å²) in [5.74, 6) is -0.239. The Hall–Kier alpha value is -1.47. The summed E-state index contributed by atoms with van der Waals surface area (Å²) in [6.45, 7) is 1.85. The van der Waals surface area contributed by atoms with Gasteiger partial charge in [0.25, 0.3) is 0 Å². The Labute approximate surface area is 550 Å². The lowest BCUT2D eigenvalue weighted by Crippen LogP contribution is -2.66. The highest BCUT2D eigenvalue weighted by atomic mass is 16.8. The van der Waals surface area contributed by atoms with Crippen LogP contribution >= 0.6 is 0 Å². The van der Waals surface area contributed by atoms with Gasteiger partial charge in [-0.1, -0.05) is 276 Å². The van der Waals surface area contributed by atoms with Crippen molar-refractivity contribution in [2.24, 2.45) is 0 Å². The molecule has 12 N–H and O–H groups in total. The minimum atomic E-state index is -1.97. The van der Waals surface area contributed by atoms with Gasteiger partial charge in [-0.2, -0.15) is 0 Å². The molecule has 3 heterocycles. The van der Waals surface area contributed by atoms with Gasteiger partial charge >= 0.3 is 0 Å². The van der Waals surface area contributed by atoms with Crippen molar-refractivity contribution in [1.29, 1.82) is 0 Å². The van der Waals surface area contributed by atoms with Crippen molar-refractivity contribution < 1.29 is 89.4 Å². The molecule has 91 heavy (non-hydrogen) atoms. The Balaban J connectivity index is 1.40. The number of unbranched alkanes of at least 4 members (excludes halogenated alkanes) is 41. The number of aliphatic hydroxyl groups is 11. The Kier molecular flexibility index (Phi) is 50.2. The van der Waals surface area contributed by atoms with E-state index in [1.165, 1.54) is 225 Å². The normalized spacial score (nSPS) is 27.9. The molecule has 3 saturated heterocycles. The molecule has 17 unspecified atom stereocenters. The van der Waals surface area contributed by atoms with Gasteiger partial charge in [0, 0.05) is 6.42 Å². The Morgan fingerprint density at radius 2 is 0.692 bits per heavy atom. The molecule has 19 heteroatoms. The number of aliphatic hydroxyl groups excluding tert-OH is 11. The second kappa shape index (κ2) is 54.5. The number of carbonyl (C=O) groups is 1. The molecule has 17 atom stereocenters. The minimum Gasteiger partial charge on any atom is -0.394 e. The third-order valence-corrected chi connectivity index (χ3v) is 19.1. The number of nitrogens with one attached hydrogen (secondary N) is 1. The number of hydrogen-bond acceptors (Lipinski definition) is 18. The van der Waals surface area contributed by atoms with Gasteiger partial charge in [-0.3, -0.25) is 4.79 Å². The predicted molar refractivity (Wildman–Crippen MR) is 356 cm³/mol. The topological polar surface area (TPSA) is 307 Å². The molecule has 0 bridgehead atoms. The number of hydrogen-bond donors (Lipinski definition) is 12. The van der Waals surface area contributed by atoms with Crippen LogP contribution < -0.4 is 5.32 Å². The first-order valence-electron chi connectivity index (χ1n) is 37.4. The van der Waals surface area contributed by atoms with Crippen LogP contribution in [0.25, 0.3) is 0 Å². The van der Waals surface area contributed by atoms with Gasteiger partial charge in [0.15, 0.2) is 18.9 Å². The van der Waals surface area contributed by atoms with Gasteiger partial charge in [-0.25, -0.2) is 0 Å². The number of carbonyl (C=O) groups excluding carboxylic acids is 1. The van der Waals surface area contributed by atoms with Gasteiger partial charge in [0.05, 0.1) is 38.6 Å². The summed E-state index contributed by atoms with van der Waals surface area (Å²) in [6.07, 6.45) is 34.3. The van der Waals surface area contributed by atoms with E-state index in [2.05, 4.69) is 31.3 Å². The van der Waals surface area contributed by atoms with Crippen molar-refractivity contribution in [3.8, 4) is 0 Å². The summed E-state index contributed by atoms with van der Waals surface area (Å²) in [5, 5.41) is 121. The molecular weight excluding hydrogens is 1170 g/mol. The monoisotopic (exact) mass is 1300 g/mol. The summed E-state index contributed by atoms with van der Waals surface area (Å²) in [6, 6.07) is -0.886. The first-order chi connectivity index (χ1) is 44.3. The maximum Gasteiger partial charge on any atom is 0.220 e. The van der Waals surface area contributed by atoms with Crippen LogP contribution in [-0.4, -0.2) is 193 Å². The van der Waals surface area contributed by atoms with Gasteiger partial charge in [-0.15, -0.1) is 0 Å². The van der Waals surface area contributed by atoms with Crippen LogP contribution in [0.15, 0.2) is 12.2 Å². The zero-order valence-corrected chi connectivity index (χ0v) is 57.1. The first kappa shape index (κ1) is 83.8. The van der Waals surface area contributed by atoms with E-state index in [9.17, 15) is 61.0 Å². The van der Waals surface area contributed by atoms with Crippen LogP contribution in [-0.2, 0) is 33.2 Å². The van der Waals surface area contributed by atoms with E-state index in [4.69, 9.17) is 28.4 Å². The summed E-state index contributed by atoms with van der Waals surface area (Å²) in [5.41, 5.74) is 0. The zero-order chi connectivity index (χ0) is 66.1. The SMILES string of the molecule is CCCCCCCCCC/C=C\CCCCCCCCCCCC(=O)NC(COC1OC(CO)C(OC2OC(CO)C(OC3OC(CO)C(O)C(O)C3O)C(O)C2O)C(O)C1O)C(O)CCCCCCCCCCCCCCCCCCCCCCCCCCC. The standard InChI is InChI=1S/C72H137NO18/c1-3-5-7-9-11-13-15-17-19-21-23-25-26-27-28-30-31-33-35-37-39-41-43-45-47-49-56(77)55(73-60(78)50-48-46-44-42-40-38-36-34-32-29-24-22-20-18-16-14-12-10-8-6-4-2)54-86-70-66(84)63(81)68(58(52-75)88-70)91-72-67(85)64(82)69(59(53-76)89-72)90-71-65(83)62(80)61(79)57(51-74)87-71/h22,24,55-59,61-72,74-77,79-85H,3-21,23,25-54H2,1-2H3,(H,73,78)/b24-22-. The lowest BCUT2D eigenvalue weighted by molar-refractivity contribution is -0.379. The molecule has 0 aromatic carbocycles. The Morgan fingerprint density at radius 3 is 1.07 bits per heavy atom. The molecule has 0 saturated carbocycles. The molecule has 19 nitrogen and oxygen atoms in total. The van der Waals surface area contributed by atoms with Crippen molar-refractivity contribution in [3.05, 3.63) is 12.2 Å². The molecule has 0 aromatic rings. The van der Waals surface area contributed by atoms with Crippen molar-refractivity contribution >= 4 is 5.91 Å². The molecule has 0 aromatic heterocycles. The quantitative estimate of drug-likeness (QED) is 0.0199. The summed E-state index contributed by atoms with van der Waals surface area (Å²) >= 11 is 0. The van der Waals surface area contributed by atoms with E-state index in [1.807, 2.05) is 0 Å². The molecule has 0 radical (unpaired) electrons. The molecule has 3 aliphatic rings. The van der Waals surface area contributed by atoms with Gasteiger partial charge in [0.2, 0.25) is 5.91 Å². The van der Waals surface area contributed by atoms with Gasteiger partial charge < -0.3 is 89.9 Å². The Morgan fingerprint density at radius 1 is 0.385 bits per heavy atom. The number of rotatable bonds is 59. The van der Waals surface area contributed by atoms with E-state index in [-0.39, 0.29) is 18.9 Å². The third-order valence-electron chi connectivity index (χ3n) is 19.1. The minimum absolute atomic E-state index is 0.239. The average molecular weight is 1300 g/mol. The van der Waals surface area contributed by atoms with Crippen molar-refractivity contribution in [2.75, 3.05) is 26.4 Å². The average Bonchev–Trinajstić information content (AvgIpc) is 0.883. The molecule has 0 spiro atoms. The van der Waals surface area contributed by atoms with Gasteiger partial charge in [-0.05, 0) is 38.5 Å². The number of allylic oxidation sites excluding steroid dienone is 2. The lowest BCUT2D eigenvalue weighted by Gasteiger charge is -2.48. The van der Waals surface area contributed by atoms with E-state index in [0.29, 0.717) is 12.8 Å². The fourth-order valence-corrected chi connectivity index (χ4v) is 13.0. The predicted octanol–water partition coefficient (Wildman–Crippen LogP) is 10.8. The molecule has 1 amide bonds. The van der Waals surface area contributed by atoms with E-state index in [1.54, 1.807) is 0 Å². The first-order valence-corrected chi connectivity index (χ1v) is 37.4. The van der Waals surface area contributed by atoms with E-state index < -0.39 is 124 Å². The lowest BCUT2D eigenvalue weighted by atomic mass is 9.96. The van der Waals surface area contributed by atoms with E-state index in [0.717, 1.165) is 51.4 Å². The maximum absolute atomic E-state index is 13.5. The molecular formula is C72H137NO18. The smallest absolute Gasteiger partial charge is 0.220 e. The van der Waals surface area contributed by atoms with Crippen LogP contribution in [0.1, 0.15) is 309 Å². The highest BCUT2D eigenvalue weighted by molar-refractivity contribution is 5.76. The van der Waals surface area contributed by atoms with Crippen molar-refractivity contribution in [1.82, 2.24) is 5.32 Å². The third kappa shape index (κ3) is 36.1. The summed E-state index contributed by atoms with van der Waals surface area (Å²) in [4.78, 5) is 13.5. The zero-order valence-electron chi connectivity index (χ0n) is 57.1. The second-order valence-electron chi connectivity index (χ2n) is 27.1. The maximum atomic E-state index is 13.5. The van der Waals surface area contributed by atoms with Crippen LogP contribution in [0, 0.1) is 0 Å². The molecule has 3 rings (SSSR count). The fraction of sp³-hybridized carbons (Fsp3) is 0.958. The number of amides is 1. The highest BCUT2D eigenvalue weighted by Crippen LogP contribution is 2.33. The Bertz CT molecular complexity index is 1700. The fourth-order valence-electron chi connectivity index (χ4n) is 13.0. The van der Waals surface area contributed by atoms with Crippen molar-refractivity contribution in [2.45, 2.75) is 413 Å². The highest BCUT2D eigenvalue weighted by Gasteiger charge is 2.53. The largest absolute Gasteiger partial charge is 0.394 e. The molecule has 3 fully saturated rings.